The molecular weight excluding hydrogens is 248 g/mol. The van der Waals surface area contributed by atoms with Crippen LogP contribution in [0.4, 0.5) is 0 Å². The SMILES string of the molecule is CCCCCCC=CC(CC(=O)O)C(=O)O.[Ca+2].[H-].[H-]. The molecule has 0 saturated carbocycles. The first-order valence-electron chi connectivity index (χ1n) is 5.69. The van der Waals surface area contributed by atoms with E-state index < -0.39 is 17.9 Å². The molecule has 1 atom stereocenters. The number of rotatable bonds is 9. The van der Waals surface area contributed by atoms with Crippen molar-refractivity contribution in [1.29, 1.82) is 0 Å². The second kappa shape index (κ2) is 12.4. The summed E-state index contributed by atoms with van der Waals surface area (Å²) in [6.45, 7) is 2.13. The van der Waals surface area contributed by atoms with Gasteiger partial charge in [-0.15, -0.1) is 0 Å². The number of hydrogen-bond donors (Lipinski definition) is 2. The van der Waals surface area contributed by atoms with Crippen molar-refractivity contribution in [2.75, 3.05) is 0 Å². The summed E-state index contributed by atoms with van der Waals surface area (Å²) in [4.78, 5) is 21.1. The minimum atomic E-state index is -1.08. The molecule has 0 aromatic heterocycles. The molecule has 0 heterocycles. The fourth-order valence-electron chi connectivity index (χ4n) is 1.38. The fourth-order valence-corrected chi connectivity index (χ4v) is 1.38. The van der Waals surface area contributed by atoms with Gasteiger partial charge < -0.3 is 13.1 Å². The molecular formula is C12H22CaO4. The Kier molecular flexibility index (Phi) is 14.1. The van der Waals surface area contributed by atoms with Crippen LogP contribution in [0.15, 0.2) is 12.2 Å². The van der Waals surface area contributed by atoms with Gasteiger partial charge in [0.15, 0.2) is 0 Å². The quantitative estimate of drug-likeness (QED) is 0.383. The van der Waals surface area contributed by atoms with Crippen LogP contribution in [0.1, 0.15) is 48.3 Å². The summed E-state index contributed by atoms with van der Waals surface area (Å²) < 4.78 is 0. The van der Waals surface area contributed by atoms with E-state index in [1.54, 1.807) is 6.08 Å². The average Bonchev–Trinajstić information content (AvgIpc) is 2.20. The van der Waals surface area contributed by atoms with Gasteiger partial charge in [0.05, 0.1) is 12.3 Å². The third kappa shape index (κ3) is 12.2. The maximum atomic E-state index is 10.7. The van der Waals surface area contributed by atoms with Crippen molar-refractivity contribution in [3.05, 3.63) is 12.2 Å². The van der Waals surface area contributed by atoms with Gasteiger partial charge in [-0.1, -0.05) is 38.3 Å². The minimum Gasteiger partial charge on any atom is -1.00 e. The molecule has 2 N–H and O–H groups in total. The number of unbranched alkanes of at least 4 members (excludes halogenated alkanes) is 4. The summed E-state index contributed by atoms with van der Waals surface area (Å²) in [6, 6.07) is 0. The molecule has 1 unspecified atom stereocenters. The number of carbonyl (C=O) groups is 2. The molecule has 17 heavy (non-hydrogen) atoms. The predicted octanol–water partition coefficient (Wildman–Crippen LogP) is 2.53. The van der Waals surface area contributed by atoms with Gasteiger partial charge >= 0.3 is 49.7 Å². The number of carboxylic acid groups (broad SMARTS) is 2. The number of carboxylic acids is 2. The van der Waals surface area contributed by atoms with Crippen molar-refractivity contribution >= 4 is 49.7 Å². The molecule has 4 nitrogen and oxygen atoms in total. The van der Waals surface area contributed by atoms with Gasteiger partial charge in [0.2, 0.25) is 0 Å². The first-order chi connectivity index (χ1) is 7.57. The van der Waals surface area contributed by atoms with Crippen LogP contribution in [0.25, 0.3) is 0 Å². The van der Waals surface area contributed by atoms with E-state index >= 15 is 0 Å². The topological polar surface area (TPSA) is 74.6 Å². The Labute approximate surface area is 135 Å². The summed E-state index contributed by atoms with van der Waals surface area (Å²) in [5, 5.41) is 17.3. The molecule has 5 heteroatoms. The van der Waals surface area contributed by atoms with E-state index in [2.05, 4.69) is 6.92 Å². The Morgan fingerprint density at radius 3 is 2.35 bits per heavy atom. The Bertz CT molecular complexity index is 260. The Balaban J connectivity index is -0.000000375. The first-order valence-corrected chi connectivity index (χ1v) is 5.69. The summed E-state index contributed by atoms with van der Waals surface area (Å²) in [5.41, 5.74) is 0. The molecule has 0 rings (SSSR count). The van der Waals surface area contributed by atoms with E-state index in [9.17, 15) is 9.59 Å². The van der Waals surface area contributed by atoms with Gasteiger partial charge in [-0.25, -0.2) is 0 Å². The van der Waals surface area contributed by atoms with Crippen molar-refractivity contribution in [1.82, 2.24) is 0 Å². The largest absolute Gasteiger partial charge is 2.00 e. The smallest absolute Gasteiger partial charge is 1.00 e. The molecule has 0 fully saturated rings. The van der Waals surface area contributed by atoms with E-state index in [0.29, 0.717) is 0 Å². The van der Waals surface area contributed by atoms with E-state index in [0.717, 1.165) is 19.3 Å². The van der Waals surface area contributed by atoms with Gasteiger partial charge in [-0.3, -0.25) is 9.59 Å². The zero-order chi connectivity index (χ0) is 12.4. The van der Waals surface area contributed by atoms with Gasteiger partial charge in [0, 0.05) is 0 Å². The summed E-state index contributed by atoms with van der Waals surface area (Å²) in [6.07, 6.45) is 8.26. The van der Waals surface area contributed by atoms with E-state index in [-0.39, 0.29) is 47.0 Å². The summed E-state index contributed by atoms with van der Waals surface area (Å²) in [5.74, 6) is -3.06. The normalized spacial score (nSPS) is 12.1. The average molecular weight is 270 g/mol. The van der Waals surface area contributed by atoms with Gasteiger partial charge in [-0.2, -0.15) is 0 Å². The van der Waals surface area contributed by atoms with Gasteiger partial charge in [0.25, 0.3) is 0 Å². The second-order valence-electron chi connectivity index (χ2n) is 3.82. The third-order valence-corrected chi connectivity index (χ3v) is 2.30. The molecule has 0 aromatic carbocycles. The molecule has 0 saturated heterocycles. The first kappa shape index (κ1) is 19.3. The zero-order valence-electron chi connectivity index (χ0n) is 12.4. The molecule has 0 amide bonds. The molecule has 0 aromatic rings. The third-order valence-electron chi connectivity index (χ3n) is 2.30. The fraction of sp³-hybridized carbons (Fsp3) is 0.667. The van der Waals surface area contributed by atoms with Crippen LogP contribution in [0.5, 0.6) is 0 Å². The Morgan fingerprint density at radius 1 is 1.24 bits per heavy atom. The molecule has 0 aliphatic carbocycles. The van der Waals surface area contributed by atoms with Crippen molar-refractivity contribution in [3.8, 4) is 0 Å². The number of allylic oxidation sites excluding steroid dienone is 1. The molecule has 0 aliphatic heterocycles. The monoisotopic (exact) mass is 270 g/mol. The van der Waals surface area contributed by atoms with Crippen LogP contribution in [0.2, 0.25) is 0 Å². The van der Waals surface area contributed by atoms with E-state index in [4.69, 9.17) is 10.2 Å². The maximum absolute atomic E-state index is 10.7. The summed E-state index contributed by atoms with van der Waals surface area (Å²) in [7, 11) is 0. The van der Waals surface area contributed by atoms with Crippen LogP contribution in [-0.2, 0) is 9.59 Å². The molecule has 0 bridgehead atoms. The maximum Gasteiger partial charge on any atom is 2.00 e. The molecule has 0 radical (unpaired) electrons. The van der Waals surface area contributed by atoms with Crippen molar-refractivity contribution in [3.63, 3.8) is 0 Å². The number of hydrogen-bond acceptors (Lipinski definition) is 2. The van der Waals surface area contributed by atoms with E-state index in [1.165, 1.54) is 18.9 Å². The molecule has 96 valence electrons. The van der Waals surface area contributed by atoms with Crippen LogP contribution in [-0.4, -0.2) is 59.9 Å². The standard InChI is InChI=1S/C12H20O4.Ca.2H/c1-2-3-4-5-6-7-8-10(12(15)16)9-11(13)14;;;/h7-8,10H,2-6,9H2,1H3,(H,13,14)(H,15,16);;;/q;+2;2*-1. The molecule has 0 spiro atoms. The Hall–Kier alpha value is -0.0603. The second-order valence-corrected chi connectivity index (χ2v) is 3.82. The van der Waals surface area contributed by atoms with Crippen molar-refractivity contribution in [2.24, 2.45) is 5.92 Å². The van der Waals surface area contributed by atoms with Crippen LogP contribution < -0.4 is 0 Å². The summed E-state index contributed by atoms with van der Waals surface area (Å²) >= 11 is 0. The number of aliphatic carboxylic acids is 2. The van der Waals surface area contributed by atoms with Crippen LogP contribution in [0.3, 0.4) is 0 Å². The predicted molar refractivity (Wildman–Crippen MR) is 69.3 cm³/mol. The minimum absolute atomic E-state index is 0. The van der Waals surface area contributed by atoms with Crippen LogP contribution >= 0.6 is 0 Å². The van der Waals surface area contributed by atoms with Gasteiger partial charge in [0.1, 0.15) is 0 Å². The zero-order valence-corrected chi connectivity index (χ0v) is 12.6. The van der Waals surface area contributed by atoms with E-state index in [1.807, 2.05) is 0 Å². The van der Waals surface area contributed by atoms with Gasteiger partial charge in [-0.05, 0) is 12.8 Å². The van der Waals surface area contributed by atoms with Crippen molar-refractivity contribution < 1.29 is 22.7 Å². The Morgan fingerprint density at radius 2 is 1.88 bits per heavy atom. The van der Waals surface area contributed by atoms with Crippen molar-refractivity contribution in [2.45, 2.75) is 45.4 Å². The molecule has 0 aliphatic rings. The van der Waals surface area contributed by atoms with Crippen LogP contribution in [0, 0.1) is 5.92 Å².